The minimum atomic E-state index is -0.176. The van der Waals surface area contributed by atoms with Gasteiger partial charge >= 0.3 is 6.03 Å². The van der Waals surface area contributed by atoms with Crippen molar-refractivity contribution < 1.29 is 4.79 Å². The molecule has 1 aliphatic carbocycles. The highest BCUT2D eigenvalue weighted by Gasteiger charge is 2.33. The van der Waals surface area contributed by atoms with Crippen molar-refractivity contribution in [3.8, 4) is 0 Å². The van der Waals surface area contributed by atoms with E-state index in [0.29, 0.717) is 18.3 Å². The first kappa shape index (κ1) is 14.4. The van der Waals surface area contributed by atoms with E-state index in [0.717, 1.165) is 24.1 Å². The lowest BCUT2D eigenvalue weighted by Crippen LogP contribution is -2.38. The zero-order valence-corrected chi connectivity index (χ0v) is 12.5. The second-order valence-electron chi connectivity index (χ2n) is 5.52. The van der Waals surface area contributed by atoms with Gasteiger partial charge in [-0.15, -0.1) is 0 Å². The molecule has 2 aromatic heterocycles. The molecule has 0 saturated heterocycles. The quantitative estimate of drug-likeness (QED) is 0.886. The fraction of sp³-hybridized carbons (Fsp3) is 0.375. The van der Waals surface area contributed by atoms with Crippen molar-refractivity contribution >= 4 is 6.03 Å². The van der Waals surface area contributed by atoms with Gasteiger partial charge in [0.15, 0.2) is 0 Å². The van der Waals surface area contributed by atoms with Gasteiger partial charge < -0.3 is 10.6 Å². The Morgan fingerprint density at radius 1 is 1.27 bits per heavy atom. The lowest BCUT2D eigenvalue weighted by atomic mass is 10.0. The molecule has 0 bridgehead atoms. The first-order valence-electron chi connectivity index (χ1n) is 7.45. The molecular formula is C16H19N5O. The molecule has 0 radical (unpaired) electrons. The highest BCUT2D eigenvalue weighted by atomic mass is 16.2. The second kappa shape index (κ2) is 6.51. The molecule has 22 heavy (non-hydrogen) atoms. The molecule has 114 valence electrons. The molecule has 1 saturated carbocycles. The largest absolute Gasteiger partial charge is 0.332 e. The highest BCUT2D eigenvalue weighted by molar-refractivity contribution is 5.74. The third-order valence-corrected chi connectivity index (χ3v) is 3.71. The fourth-order valence-corrected chi connectivity index (χ4v) is 2.44. The minimum Gasteiger partial charge on any atom is -0.332 e. The smallest absolute Gasteiger partial charge is 0.315 e. The SMILES string of the molecule is Cc1nccc(CNC(=O)NC(c2ccncc2)C2CC2)n1. The Kier molecular flexibility index (Phi) is 4.27. The van der Waals surface area contributed by atoms with E-state index in [1.807, 2.05) is 19.1 Å². The Morgan fingerprint density at radius 3 is 2.73 bits per heavy atom. The van der Waals surface area contributed by atoms with E-state index < -0.39 is 0 Å². The van der Waals surface area contributed by atoms with Crippen LogP contribution < -0.4 is 10.6 Å². The predicted molar refractivity (Wildman–Crippen MR) is 81.8 cm³/mol. The third kappa shape index (κ3) is 3.78. The monoisotopic (exact) mass is 297 g/mol. The van der Waals surface area contributed by atoms with Crippen molar-refractivity contribution in [2.24, 2.45) is 5.92 Å². The summed E-state index contributed by atoms with van der Waals surface area (Å²) in [6.45, 7) is 2.22. The predicted octanol–water partition coefficient (Wildman–Crippen LogP) is 2.13. The summed E-state index contributed by atoms with van der Waals surface area (Å²) in [4.78, 5) is 24.5. The van der Waals surface area contributed by atoms with Crippen LogP contribution in [-0.2, 0) is 6.54 Å². The van der Waals surface area contributed by atoms with Crippen molar-refractivity contribution in [2.45, 2.75) is 32.4 Å². The van der Waals surface area contributed by atoms with Crippen molar-refractivity contribution in [1.29, 1.82) is 0 Å². The summed E-state index contributed by atoms with van der Waals surface area (Å²) >= 11 is 0. The number of nitrogens with one attached hydrogen (secondary N) is 2. The summed E-state index contributed by atoms with van der Waals surface area (Å²) in [6.07, 6.45) is 7.51. The summed E-state index contributed by atoms with van der Waals surface area (Å²) in [5, 5.41) is 5.91. The molecule has 3 rings (SSSR count). The van der Waals surface area contributed by atoms with Gasteiger partial charge in [0.05, 0.1) is 18.3 Å². The molecule has 2 heterocycles. The summed E-state index contributed by atoms with van der Waals surface area (Å²) in [5.74, 6) is 1.22. The number of carbonyl (C=O) groups excluding carboxylic acids is 1. The van der Waals surface area contributed by atoms with Crippen LogP contribution in [0.1, 0.15) is 36.0 Å². The fourth-order valence-electron chi connectivity index (χ4n) is 2.44. The van der Waals surface area contributed by atoms with Crippen molar-refractivity contribution in [3.05, 3.63) is 53.9 Å². The number of urea groups is 1. The Labute approximate surface area is 129 Å². The van der Waals surface area contributed by atoms with E-state index in [-0.39, 0.29) is 12.1 Å². The van der Waals surface area contributed by atoms with Gasteiger partial charge in [0.1, 0.15) is 5.82 Å². The second-order valence-corrected chi connectivity index (χ2v) is 5.52. The average molecular weight is 297 g/mol. The molecule has 2 N–H and O–H groups in total. The van der Waals surface area contributed by atoms with Crippen LogP contribution >= 0.6 is 0 Å². The van der Waals surface area contributed by atoms with Gasteiger partial charge in [0.2, 0.25) is 0 Å². The molecule has 2 aromatic rings. The Balaban J connectivity index is 1.58. The lowest BCUT2D eigenvalue weighted by Gasteiger charge is -2.19. The number of hydrogen-bond donors (Lipinski definition) is 2. The van der Waals surface area contributed by atoms with E-state index in [1.54, 1.807) is 24.7 Å². The van der Waals surface area contributed by atoms with Gasteiger partial charge in [-0.3, -0.25) is 4.98 Å². The number of pyridine rings is 1. The molecule has 1 unspecified atom stereocenters. The first-order valence-corrected chi connectivity index (χ1v) is 7.45. The Morgan fingerprint density at radius 2 is 2.05 bits per heavy atom. The van der Waals surface area contributed by atoms with Crippen LogP contribution in [0.2, 0.25) is 0 Å². The van der Waals surface area contributed by atoms with Crippen molar-refractivity contribution in [2.75, 3.05) is 0 Å². The summed E-state index contributed by atoms with van der Waals surface area (Å²) < 4.78 is 0. The number of carbonyl (C=O) groups is 1. The van der Waals surface area contributed by atoms with E-state index >= 15 is 0 Å². The molecule has 1 fully saturated rings. The maximum atomic E-state index is 12.1. The third-order valence-electron chi connectivity index (χ3n) is 3.71. The average Bonchev–Trinajstić information content (AvgIpc) is 3.36. The van der Waals surface area contributed by atoms with Crippen LogP contribution in [-0.4, -0.2) is 21.0 Å². The first-order chi connectivity index (χ1) is 10.7. The Hall–Kier alpha value is -2.50. The van der Waals surface area contributed by atoms with Crippen molar-refractivity contribution in [3.63, 3.8) is 0 Å². The van der Waals surface area contributed by atoms with Crippen LogP contribution in [0.3, 0.4) is 0 Å². The van der Waals surface area contributed by atoms with Gasteiger partial charge in [-0.25, -0.2) is 14.8 Å². The summed E-state index contributed by atoms with van der Waals surface area (Å²) in [6, 6.07) is 5.59. The van der Waals surface area contributed by atoms with E-state index in [9.17, 15) is 4.79 Å². The van der Waals surface area contributed by atoms with E-state index in [2.05, 4.69) is 25.6 Å². The number of nitrogens with zero attached hydrogens (tertiary/aromatic N) is 3. The number of aromatic nitrogens is 3. The highest BCUT2D eigenvalue weighted by Crippen LogP contribution is 2.40. The van der Waals surface area contributed by atoms with E-state index in [4.69, 9.17) is 0 Å². The summed E-state index contributed by atoms with van der Waals surface area (Å²) in [7, 11) is 0. The lowest BCUT2D eigenvalue weighted by molar-refractivity contribution is 0.235. The maximum Gasteiger partial charge on any atom is 0.315 e. The van der Waals surface area contributed by atoms with Crippen LogP contribution in [0.5, 0.6) is 0 Å². The van der Waals surface area contributed by atoms with Crippen LogP contribution in [0.25, 0.3) is 0 Å². The van der Waals surface area contributed by atoms with Gasteiger partial charge in [-0.2, -0.15) is 0 Å². The normalized spacial score (nSPS) is 15.1. The molecule has 1 aliphatic rings. The molecule has 0 aliphatic heterocycles. The van der Waals surface area contributed by atoms with Crippen LogP contribution in [0.4, 0.5) is 4.79 Å². The number of aryl methyl sites for hydroxylation is 1. The molecule has 6 heteroatoms. The van der Waals surface area contributed by atoms with Crippen LogP contribution in [0, 0.1) is 12.8 Å². The number of rotatable bonds is 5. The molecule has 2 amide bonds. The summed E-state index contributed by atoms with van der Waals surface area (Å²) in [5.41, 5.74) is 1.90. The van der Waals surface area contributed by atoms with Gasteiger partial charge in [0.25, 0.3) is 0 Å². The standard InChI is InChI=1S/C16H19N5O/c1-11-18-9-6-14(20-11)10-19-16(22)21-15(12-2-3-12)13-4-7-17-8-5-13/h4-9,12,15H,2-3,10H2,1H3,(H2,19,21,22). The number of hydrogen-bond acceptors (Lipinski definition) is 4. The molecular weight excluding hydrogens is 278 g/mol. The molecule has 0 spiro atoms. The zero-order chi connectivity index (χ0) is 15.4. The number of amides is 2. The topological polar surface area (TPSA) is 79.8 Å². The van der Waals surface area contributed by atoms with Gasteiger partial charge in [-0.1, -0.05) is 0 Å². The molecule has 6 nitrogen and oxygen atoms in total. The van der Waals surface area contributed by atoms with Crippen molar-refractivity contribution in [1.82, 2.24) is 25.6 Å². The van der Waals surface area contributed by atoms with Crippen LogP contribution in [0.15, 0.2) is 36.8 Å². The van der Waals surface area contributed by atoms with E-state index in [1.165, 1.54) is 0 Å². The Bertz CT molecular complexity index is 642. The maximum absolute atomic E-state index is 12.1. The minimum absolute atomic E-state index is 0.0511. The zero-order valence-electron chi connectivity index (χ0n) is 12.5. The van der Waals surface area contributed by atoms with Gasteiger partial charge in [-0.05, 0) is 49.4 Å². The molecule has 0 aromatic carbocycles. The molecule has 1 atom stereocenters. The van der Waals surface area contributed by atoms with Gasteiger partial charge in [0, 0.05) is 18.6 Å².